The van der Waals surface area contributed by atoms with Crippen molar-refractivity contribution in [2.24, 2.45) is 0 Å². The van der Waals surface area contributed by atoms with E-state index in [2.05, 4.69) is 10.3 Å². The van der Waals surface area contributed by atoms with Crippen LogP contribution in [0, 0.1) is 6.92 Å². The van der Waals surface area contributed by atoms with Crippen LogP contribution in [0.2, 0.25) is 0 Å². The average Bonchev–Trinajstić information content (AvgIpc) is 2.28. The molecule has 1 heterocycles. The zero-order chi connectivity index (χ0) is 12.0. The standard InChI is InChI=1S/C12H20N2O2/c1-9-5-12(16-4)6-11(14-9)8-13-7-10(2)15-3/h5-6,10,13H,7-8H2,1-4H3. The molecule has 1 N–H and O–H groups in total. The van der Waals surface area contributed by atoms with E-state index >= 15 is 0 Å². The first-order valence-corrected chi connectivity index (χ1v) is 5.40. The monoisotopic (exact) mass is 224 g/mol. The first-order chi connectivity index (χ1) is 7.65. The summed E-state index contributed by atoms with van der Waals surface area (Å²) in [5, 5.41) is 3.29. The van der Waals surface area contributed by atoms with E-state index in [4.69, 9.17) is 9.47 Å². The van der Waals surface area contributed by atoms with Gasteiger partial charge in [0.25, 0.3) is 0 Å². The minimum absolute atomic E-state index is 0.215. The van der Waals surface area contributed by atoms with E-state index < -0.39 is 0 Å². The topological polar surface area (TPSA) is 43.4 Å². The molecule has 0 aliphatic rings. The molecule has 0 saturated carbocycles. The minimum atomic E-state index is 0.215. The Morgan fingerprint density at radius 3 is 2.75 bits per heavy atom. The van der Waals surface area contributed by atoms with Crippen LogP contribution < -0.4 is 10.1 Å². The van der Waals surface area contributed by atoms with Crippen LogP contribution in [0.4, 0.5) is 0 Å². The molecule has 0 aliphatic heterocycles. The highest BCUT2D eigenvalue weighted by Gasteiger charge is 2.02. The summed E-state index contributed by atoms with van der Waals surface area (Å²) in [5.41, 5.74) is 1.95. The van der Waals surface area contributed by atoms with Gasteiger partial charge in [-0.3, -0.25) is 4.98 Å². The number of aryl methyl sites for hydroxylation is 1. The lowest BCUT2D eigenvalue weighted by Gasteiger charge is -2.11. The fourth-order valence-electron chi connectivity index (χ4n) is 1.40. The number of pyridine rings is 1. The highest BCUT2D eigenvalue weighted by molar-refractivity contribution is 5.26. The van der Waals surface area contributed by atoms with Crippen LogP contribution in [-0.2, 0) is 11.3 Å². The van der Waals surface area contributed by atoms with Crippen molar-refractivity contribution in [3.8, 4) is 5.75 Å². The first kappa shape index (κ1) is 12.9. The quantitative estimate of drug-likeness (QED) is 0.795. The molecular formula is C12H20N2O2. The van der Waals surface area contributed by atoms with E-state index in [1.165, 1.54) is 0 Å². The van der Waals surface area contributed by atoms with Gasteiger partial charge in [0.05, 0.1) is 18.9 Å². The summed E-state index contributed by atoms with van der Waals surface area (Å²) in [7, 11) is 3.37. The van der Waals surface area contributed by atoms with Gasteiger partial charge >= 0.3 is 0 Å². The number of rotatable bonds is 6. The van der Waals surface area contributed by atoms with Crippen molar-refractivity contribution in [1.82, 2.24) is 10.3 Å². The summed E-state index contributed by atoms with van der Waals surface area (Å²) in [4.78, 5) is 4.42. The van der Waals surface area contributed by atoms with Gasteiger partial charge in [-0.1, -0.05) is 0 Å². The number of nitrogens with one attached hydrogen (secondary N) is 1. The van der Waals surface area contributed by atoms with Gasteiger partial charge in [-0.05, 0) is 13.8 Å². The van der Waals surface area contributed by atoms with E-state index in [1.807, 2.05) is 26.0 Å². The van der Waals surface area contributed by atoms with E-state index in [-0.39, 0.29) is 6.10 Å². The summed E-state index contributed by atoms with van der Waals surface area (Å²) in [6, 6.07) is 3.86. The van der Waals surface area contributed by atoms with E-state index in [0.717, 1.165) is 30.2 Å². The van der Waals surface area contributed by atoms with Crippen molar-refractivity contribution in [3.63, 3.8) is 0 Å². The lowest BCUT2D eigenvalue weighted by Crippen LogP contribution is -2.25. The van der Waals surface area contributed by atoms with Gasteiger partial charge in [0.1, 0.15) is 5.75 Å². The van der Waals surface area contributed by atoms with Crippen molar-refractivity contribution in [3.05, 3.63) is 23.5 Å². The van der Waals surface area contributed by atoms with Crippen molar-refractivity contribution in [1.29, 1.82) is 0 Å². The minimum Gasteiger partial charge on any atom is -0.497 e. The zero-order valence-electron chi connectivity index (χ0n) is 10.4. The maximum atomic E-state index is 5.19. The summed E-state index contributed by atoms with van der Waals surface area (Å²) in [6.45, 7) is 5.53. The Kier molecular flexibility index (Phi) is 5.22. The van der Waals surface area contributed by atoms with Crippen molar-refractivity contribution in [2.45, 2.75) is 26.5 Å². The lowest BCUT2D eigenvalue weighted by molar-refractivity contribution is 0.117. The normalized spacial score (nSPS) is 12.5. The SMILES string of the molecule is COc1cc(C)nc(CNCC(C)OC)c1. The molecule has 0 amide bonds. The van der Waals surface area contributed by atoms with E-state index in [0.29, 0.717) is 0 Å². The summed E-state index contributed by atoms with van der Waals surface area (Å²) < 4.78 is 10.3. The smallest absolute Gasteiger partial charge is 0.122 e. The molecule has 4 nitrogen and oxygen atoms in total. The summed E-state index contributed by atoms with van der Waals surface area (Å²) >= 11 is 0. The lowest BCUT2D eigenvalue weighted by atomic mass is 10.3. The summed E-state index contributed by atoms with van der Waals surface area (Å²) in [5.74, 6) is 0.851. The van der Waals surface area contributed by atoms with Crippen LogP contribution >= 0.6 is 0 Å². The molecule has 4 heteroatoms. The van der Waals surface area contributed by atoms with Crippen LogP contribution in [0.25, 0.3) is 0 Å². The van der Waals surface area contributed by atoms with Crippen LogP contribution in [0.15, 0.2) is 12.1 Å². The van der Waals surface area contributed by atoms with Crippen molar-refractivity contribution < 1.29 is 9.47 Å². The predicted molar refractivity (Wildman–Crippen MR) is 63.7 cm³/mol. The Balaban J connectivity index is 2.50. The van der Waals surface area contributed by atoms with Crippen LogP contribution in [0.3, 0.4) is 0 Å². The molecule has 0 saturated heterocycles. The second-order valence-electron chi connectivity index (χ2n) is 3.82. The van der Waals surface area contributed by atoms with Gasteiger partial charge in [0.2, 0.25) is 0 Å². The molecule has 1 atom stereocenters. The molecule has 90 valence electrons. The maximum Gasteiger partial charge on any atom is 0.122 e. The molecule has 0 radical (unpaired) electrons. The molecule has 1 aromatic heterocycles. The Hall–Kier alpha value is -1.13. The number of hydrogen-bond donors (Lipinski definition) is 1. The molecule has 0 spiro atoms. The second-order valence-corrected chi connectivity index (χ2v) is 3.82. The first-order valence-electron chi connectivity index (χ1n) is 5.40. The molecule has 0 aliphatic carbocycles. The second kappa shape index (κ2) is 6.45. The van der Waals surface area contributed by atoms with Crippen LogP contribution in [-0.4, -0.2) is 31.9 Å². The highest BCUT2D eigenvalue weighted by Crippen LogP contribution is 2.12. The van der Waals surface area contributed by atoms with Gasteiger partial charge in [-0.15, -0.1) is 0 Å². The molecule has 1 rings (SSSR count). The molecule has 0 fully saturated rings. The van der Waals surface area contributed by atoms with Crippen molar-refractivity contribution in [2.75, 3.05) is 20.8 Å². The Morgan fingerprint density at radius 2 is 2.12 bits per heavy atom. The molecule has 0 aromatic carbocycles. The van der Waals surface area contributed by atoms with Gasteiger partial charge in [-0.2, -0.15) is 0 Å². The zero-order valence-corrected chi connectivity index (χ0v) is 10.4. The third-order valence-electron chi connectivity index (χ3n) is 2.36. The third-order valence-corrected chi connectivity index (χ3v) is 2.36. The number of ether oxygens (including phenoxy) is 2. The predicted octanol–water partition coefficient (Wildman–Crippen LogP) is 1.52. The van der Waals surface area contributed by atoms with Gasteiger partial charge in [0, 0.05) is 38.0 Å². The van der Waals surface area contributed by atoms with Crippen molar-refractivity contribution >= 4 is 0 Å². The number of methoxy groups -OCH3 is 2. The molecule has 16 heavy (non-hydrogen) atoms. The largest absolute Gasteiger partial charge is 0.497 e. The molecular weight excluding hydrogens is 204 g/mol. The number of nitrogens with zero attached hydrogens (tertiary/aromatic N) is 1. The van der Waals surface area contributed by atoms with Gasteiger partial charge < -0.3 is 14.8 Å². The van der Waals surface area contributed by atoms with E-state index in [1.54, 1.807) is 14.2 Å². The number of aromatic nitrogens is 1. The van der Waals surface area contributed by atoms with Gasteiger partial charge in [0.15, 0.2) is 0 Å². The fourth-order valence-corrected chi connectivity index (χ4v) is 1.40. The molecule has 1 aromatic rings. The fraction of sp³-hybridized carbons (Fsp3) is 0.583. The van der Waals surface area contributed by atoms with Crippen LogP contribution in [0.1, 0.15) is 18.3 Å². The molecule has 1 unspecified atom stereocenters. The summed E-state index contributed by atoms with van der Waals surface area (Å²) in [6.07, 6.45) is 0.215. The van der Waals surface area contributed by atoms with Crippen LogP contribution in [0.5, 0.6) is 5.75 Å². The Morgan fingerprint density at radius 1 is 1.38 bits per heavy atom. The Bertz CT molecular complexity index is 329. The van der Waals surface area contributed by atoms with E-state index in [9.17, 15) is 0 Å². The average molecular weight is 224 g/mol. The third kappa shape index (κ3) is 4.16. The highest BCUT2D eigenvalue weighted by atomic mass is 16.5. The Labute approximate surface area is 97.0 Å². The maximum absolute atomic E-state index is 5.19. The van der Waals surface area contributed by atoms with Gasteiger partial charge in [-0.25, -0.2) is 0 Å². The molecule has 0 bridgehead atoms. The number of hydrogen-bond acceptors (Lipinski definition) is 4.